The Labute approximate surface area is 65.8 Å². The summed E-state index contributed by atoms with van der Waals surface area (Å²) in [5, 5.41) is 8.02. The summed E-state index contributed by atoms with van der Waals surface area (Å²) in [6.07, 6.45) is 4.98. The van der Waals surface area contributed by atoms with E-state index in [2.05, 4.69) is 10.4 Å². The highest BCUT2D eigenvalue weighted by molar-refractivity contribution is 4.76. The Morgan fingerprint density at radius 2 is 2.27 bits per heavy atom. The average Bonchev–Trinajstić information content (AvgIpc) is 2.25. The summed E-state index contributed by atoms with van der Waals surface area (Å²) >= 11 is 0. The molecule has 0 N–H and O–H groups in total. The Hall–Kier alpha value is -0.930. The van der Waals surface area contributed by atoms with Crippen molar-refractivity contribution >= 4 is 0 Å². The quantitative estimate of drug-likeness (QED) is 0.485. The van der Waals surface area contributed by atoms with Gasteiger partial charge in [-0.2, -0.15) is 0 Å². The fraction of sp³-hybridized carbons (Fsp3) is 0.857. The third kappa shape index (κ3) is 1.13. The molecule has 1 aliphatic heterocycles. The molecular formula is C7H13N4+. The molecule has 11 heavy (non-hydrogen) atoms. The number of fused-ring (bicyclic) bond motifs is 1. The summed E-state index contributed by atoms with van der Waals surface area (Å²) in [7, 11) is 1.96. The van der Waals surface area contributed by atoms with Crippen molar-refractivity contribution in [2.45, 2.75) is 32.2 Å². The van der Waals surface area contributed by atoms with Gasteiger partial charge in [-0.15, -0.1) is 4.68 Å². The molecule has 0 amide bonds. The van der Waals surface area contributed by atoms with E-state index in [1.54, 1.807) is 0 Å². The van der Waals surface area contributed by atoms with Gasteiger partial charge in [-0.05, 0) is 19.3 Å². The topological polar surface area (TPSA) is 34.6 Å². The van der Waals surface area contributed by atoms with Crippen molar-refractivity contribution in [2.24, 2.45) is 7.05 Å². The van der Waals surface area contributed by atoms with Crippen LogP contribution < -0.4 is 4.68 Å². The zero-order chi connectivity index (χ0) is 7.68. The van der Waals surface area contributed by atoms with Crippen molar-refractivity contribution in [2.75, 3.05) is 0 Å². The molecule has 0 atom stereocenters. The molecule has 1 aromatic rings. The van der Waals surface area contributed by atoms with Crippen LogP contribution in [-0.2, 0) is 20.0 Å². The van der Waals surface area contributed by atoms with E-state index in [0.29, 0.717) is 0 Å². The molecule has 2 heterocycles. The van der Waals surface area contributed by atoms with Crippen LogP contribution in [0.25, 0.3) is 0 Å². The van der Waals surface area contributed by atoms with Crippen molar-refractivity contribution in [1.82, 2.24) is 15.1 Å². The van der Waals surface area contributed by atoms with Gasteiger partial charge >= 0.3 is 0 Å². The summed E-state index contributed by atoms with van der Waals surface area (Å²) in [5.41, 5.74) is 0. The molecule has 0 bridgehead atoms. The number of hydrogen-bond acceptors (Lipinski definition) is 2. The molecule has 1 aliphatic rings. The van der Waals surface area contributed by atoms with E-state index in [1.165, 1.54) is 25.1 Å². The maximum atomic E-state index is 4.05. The maximum Gasteiger partial charge on any atom is 0.256 e. The summed E-state index contributed by atoms with van der Waals surface area (Å²) < 4.78 is 3.90. The Morgan fingerprint density at radius 1 is 1.36 bits per heavy atom. The van der Waals surface area contributed by atoms with Crippen LogP contribution in [-0.4, -0.2) is 15.1 Å². The lowest BCUT2D eigenvalue weighted by Gasteiger charge is -1.89. The molecule has 0 saturated carbocycles. The van der Waals surface area contributed by atoms with Crippen molar-refractivity contribution in [3.63, 3.8) is 0 Å². The van der Waals surface area contributed by atoms with Gasteiger partial charge < -0.3 is 0 Å². The molecule has 0 aromatic carbocycles. The fourth-order valence-electron chi connectivity index (χ4n) is 1.56. The molecule has 2 rings (SSSR count). The first kappa shape index (κ1) is 6.76. The molecule has 0 radical (unpaired) electrons. The number of rotatable bonds is 0. The minimum Gasteiger partial charge on any atom is -0.140 e. The number of hydrogen-bond donors (Lipinski definition) is 0. The van der Waals surface area contributed by atoms with Crippen LogP contribution in [0.15, 0.2) is 0 Å². The lowest BCUT2D eigenvalue weighted by molar-refractivity contribution is -0.738. The molecule has 0 aliphatic carbocycles. The van der Waals surface area contributed by atoms with Crippen molar-refractivity contribution in [3.05, 3.63) is 5.82 Å². The van der Waals surface area contributed by atoms with Gasteiger partial charge in [-0.3, -0.25) is 0 Å². The van der Waals surface area contributed by atoms with Crippen LogP contribution in [0.5, 0.6) is 0 Å². The van der Waals surface area contributed by atoms with Crippen molar-refractivity contribution in [3.8, 4) is 0 Å². The standard InChI is InChI=1S/C7H13N4/c1-10-7-5-3-2-4-6-11(7)9-8-10/h2-6H2,1H3/q+1. The first-order valence-electron chi connectivity index (χ1n) is 4.16. The zero-order valence-electron chi connectivity index (χ0n) is 6.82. The molecule has 0 saturated heterocycles. The molecule has 0 spiro atoms. The van der Waals surface area contributed by atoms with Gasteiger partial charge in [-0.25, -0.2) is 0 Å². The normalized spacial score (nSPS) is 17.5. The van der Waals surface area contributed by atoms with Crippen molar-refractivity contribution < 1.29 is 4.68 Å². The maximum absolute atomic E-state index is 4.05. The van der Waals surface area contributed by atoms with Crippen LogP contribution in [0.1, 0.15) is 25.1 Å². The lowest BCUT2D eigenvalue weighted by Crippen LogP contribution is -2.35. The number of aryl methyl sites for hydroxylation is 2. The minimum atomic E-state index is 1.04. The molecular weight excluding hydrogens is 140 g/mol. The highest BCUT2D eigenvalue weighted by atomic mass is 15.6. The Balaban J connectivity index is 2.35. The Morgan fingerprint density at radius 3 is 3.18 bits per heavy atom. The molecule has 4 heteroatoms. The zero-order valence-corrected chi connectivity index (χ0v) is 6.82. The highest BCUT2D eigenvalue weighted by Crippen LogP contribution is 2.08. The van der Waals surface area contributed by atoms with E-state index in [1.807, 2.05) is 16.4 Å². The molecule has 60 valence electrons. The van der Waals surface area contributed by atoms with Crippen LogP contribution in [0.3, 0.4) is 0 Å². The van der Waals surface area contributed by atoms with E-state index in [4.69, 9.17) is 0 Å². The number of tetrazole rings is 1. The molecule has 0 unspecified atom stereocenters. The summed E-state index contributed by atoms with van der Waals surface area (Å²) in [5.74, 6) is 1.27. The van der Waals surface area contributed by atoms with Crippen LogP contribution in [0.2, 0.25) is 0 Å². The average molecular weight is 153 g/mol. The van der Waals surface area contributed by atoms with Gasteiger partial charge in [0.2, 0.25) is 0 Å². The van der Waals surface area contributed by atoms with E-state index in [0.717, 1.165) is 13.0 Å². The Kier molecular flexibility index (Phi) is 1.60. The predicted octanol–water partition coefficient (Wildman–Crippen LogP) is -0.171. The van der Waals surface area contributed by atoms with Crippen molar-refractivity contribution in [1.29, 1.82) is 0 Å². The highest BCUT2D eigenvalue weighted by Gasteiger charge is 2.19. The SMILES string of the molecule is C[n+]1nnn2c1CCCCC2. The van der Waals surface area contributed by atoms with Gasteiger partial charge in [0, 0.05) is 6.42 Å². The van der Waals surface area contributed by atoms with Crippen LogP contribution >= 0.6 is 0 Å². The molecule has 4 nitrogen and oxygen atoms in total. The summed E-state index contributed by atoms with van der Waals surface area (Å²) in [6.45, 7) is 1.04. The second-order valence-corrected chi connectivity index (χ2v) is 3.05. The van der Waals surface area contributed by atoms with Gasteiger partial charge in [0.05, 0.1) is 7.05 Å². The lowest BCUT2D eigenvalue weighted by atomic mass is 10.2. The predicted molar refractivity (Wildman–Crippen MR) is 38.8 cm³/mol. The van der Waals surface area contributed by atoms with E-state index in [-0.39, 0.29) is 0 Å². The first-order valence-corrected chi connectivity index (χ1v) is 4.16. The van der Waals surface area contributed by atoms with Gasteiger partial charge in [0.15, 0.2) is 5.21 Å². The largest absolute Gasteiger partial charge is 0.256 e. The van der Waals surface area contributed by atoms with Gasteiger partial charge in [0.25, 0.3) is 5.82 Å². The first-order chi connectivity index (χ1) is 5.38. The van der Waals surface area contributed by atoms with Crippen LogP contribution in [0, 0.1) is 0 Å². The Bertz CT molecular complexity index is 253. The van der Waals surface area contributed by atoms with E-state index >= 15 is 0 Å². The summed E-state index contributed by atoms with van der Waals surface area (Å²) in [4.78, 5) is 0. The third-order valence-electron chi connectivity index (χ3n) is 2.22. The van der Waals surface area contributed by atoms with Gasteiger partial charge in [-0.1, -0.05) is 4.68 Å². The summed E-state index contributed by atoms with van der Waals surface area (Å²) in [6, 6.07) is 0. The number of nitrogens with zero attached hydrogens (tertiary/aromatic N) is 4. The number of aromatic nitrogens is 4. The third-order valence-corrected chi connectivity index (χ3v) is 2.22. The monoisotopic (exact) mass is 153 g/mol. The second kappa shape index (κ2) is 2.60. The molecule has 1 aromatic heterocycles. The second-order valence-electron chi connectivity index (χ2n) is 3.05. The smallest absolute Gasteiger partial charge is 0.140 e. The van der Waals surface area contributed by atoms with Gasteiger partial charge in [0.1, 0.15) is 11.8 Å². The van der Waals surface area contributed by atoms with Crippen LogP contribution in [0.4, 0.5) is 0 Å². The molecule has 0 fully saturated rings. The van der Waals surface area contributed by atoms with E-state index < -0.39 is 0 Å². The minimum absolute atomic E-state index is 1.04. The fourth-order valence-corrected chi connectivity index (χ4v) is 1.56. The van der Waals surface area contributed by atoms with E-state index in [9.17, 15) is 0 Å².